The Morgan fingerprint density at radius 2 is 2.05 bits per heavy atom. The van der Waals surface area contributed by atoms with Gasteiger partial charge in [-0.25, -0.2) is 13.1 Å². The van der Waals surface area contributed by atoms with Crippen LogP contribution in [0.2, 0.25) is 0 Å². The SMILES string of the molecule is CCOc1ccc(S(=O)(=O)NCCC2CCCNC2)cc1.Cl. The highest BCUT2D eigenvalue weighted by Crippen LogP contribution is 2.17. The number of hydrogen-bond acceptors (Lipinski definition) is 4. The highest BCUT2D eigenvalue weighted by molar-refractivity contribution is 7.89. The molecule has 0 aliphatic carbocycles. The van der Waals surface area contributed by atoms with Crippen molar-refractivity contribution in [1.82, 2.24) is 10.0 Å². The van der Waals surface area contributed by atoms with Gasteiger partial charge in [-0.15, -0.1) is 12.4 Å². The predicted molar refractivity (Wildman–Crippen MR) is 90.3 cm³/mol. The number of nitrogens with one attached hydrogen (secondary N) is 2. The minimum Gasteiger partial charge on any atom is -0.494 e. The van der Waals surface area contributed by atoms with Crippen molar-refractivity contribution in [3.63, 3.8) is 0 Å². The van der Waals surface area contributed by atoms with E-state index in [1.165, 1.54) is 12.8 Å². The van der Waals surface area contributed by atoms with E-state index in [9.17, 15) is 8.42 Å². The highest BCUT2D eigenvalue weighted by atomic mass is 35.5. The first-order chi connectivity index (χ1) is 10.1. The van der Waals surface area contributed by atoms with Crippen molar-refractivity contribution in [2.75, 3.05) is 26.2 Å². The van der Waals surface area contributed by atoms with Crippen LogP contribution in [0.15, 0.2) is 29.2 Å². The molecule has 1 aromatic carbocycles. The number of rotatable bonds is 7. The second-order valence-corrected chi connectivity index (χ2v) is 7.07. The molecule has 126 valence electrons. The van der Waals surface area contributed by atoms with Gasteiger partial charge < -0.3 is 10.1 Å². The third-order valence-corrected chi connectivity index (χ3v) is 5.17. The maximum absolute atomic E-state index is 12.2. The van der Waals surface area contributed by atoms with Crippen LogP contribution >= 0.6 is 12.4 Å². The van der Waals surface area contributed by atoms with Crippen LogP contribution in [-0.4, -0.2) is 34.7 Å². The highest BCUT2D eigenvalue weighted by Gasteiger charge is 2.16. The third kappa shape index (κ3) is 5.76. The number of piperidine rings is 1. The third-order valence-electron chi connectivity index (χ3n) is 3.69. The molecule has 0 aromatic heterocycles. The van der Waals surface area contributed by atoms with Gasteiger partial charge in [-0.3, -0.25) is 0 Å². The van der Waals surface area contributed by atoms with Crippen molar-refractivity contribution in [1.29, 1.82) is 0 Å². The van der Waals surface area contributed by atoms with Gasteiger partial charge >= 0.3 is 0 Å². The number of hydrogen-bond donors (Lipinski definition) is 2. The second kappa shape index (κ2) is 9.35. The van der Waals surface area contributed by atoms with Crippen molar-refractivity contribution in [3.05, 3.63) is 24.3 Å². The molecule has 0 spiro atoms. The van der Waals surface area contributed by atoms with Crippen LogP contribution < -0.4 is 14.8 Å². The molecule has 0 bridgehead atoms. The van der Waals surface area contributed by atoms with Gasteiger partial charge in [0.15, 0.2) is 0 Å². The predicted octanol–water partition coefficient (Wildman–Crippen LogP) is 2.18. The van der Waals surface area contributed by atoms with E-state index >= 15 is 0 Å². The van der Waals surface area contributed by atoms with Crippen LogP contribution in [0.4, 0.5) is 0 Å². The van der Waals surface area contributed by atoms with Crippen LogP contribution in [0, 0.1) is 5.92 Å². The van der Waals surface area contributed by atoms with Crippen molar-refractivity contribution in [2.24, 2.45) is 5.92 Å². The molecule has 0 saturated carbocycles. The Balaban J connectivity index is 0.00000242. The van der Waals surface area contributed by atoms with E-state index in [1.54, 1.807) is 24.3 Å². The summed E-state index contributed by atoms with van der Waals surface area (Å²) < 4.78 is 32.3. The van der Waals surface area contributed by atoms with Gasteiger partial charge in [0.2, 0.25) is 10.0 Å². The number of benzene rings is 1. The summed E-state index contributed by atoms with van der Waals surface area (Å²) in [6.07, 6.45) is 3.23. The molecule has 1 heterocycles. The summed E-state index contributed by atoms with van der Waals surface area (Å²) in [5.74, 6) is 1.26. The fourth-order valence-corrected chi connectivity index (χ4v) is 3.58. The topological polar surface area (TPSA) is 67.4 Å². The second-order valence-electron chi connectivity index (χ2n) is 5.30. The largest absolute Gasteiger partial charge is 0.494 e. The van der Waals surface area contributed by atoms with Gasteiger partial charge in [-0.2, -0.15) is 0 Å². The number of sulfonamides is 1. The molecule has 1 unspecified atom stereocenters. The van der Waals surface area contributed by atoms with Gasteiger partial charge in [0, 0.05) is 6.54 Å². The van der Waals surface area contributed by atoms with E-state index in [0.29, 0.717) is 24.8 Å². The van der Waals surface area contributed by atoms with Gasteiger partial charge in [0.05, 0.1) is 11.5 Å². The van der Waals surface area contributed by atoms with E-state index in [2.05, 4.69) is 10.0 Å². The Morgan fingerprint density at radius 1 is 1.32 bits per heavy atom. The summed E-state index contributed by atoms with van der Waals surface area (Å²) in [4.78, 5) is 0.285. The Hall–Kier alpha value is -0.820. The van der Waals surface area contributed by atoms with Gasteiger partial charge in [0.1, 0.15) is 5.75 Å². The lowest BCUT2D eigenvalue weighted by Gasteiger charge is -2.22. The maximum Gasteiger partial charge on any atom is 0.240 e. The zero-order valence-electron chi connectivity index (χ0n) is 12.9. The first-order valence-electron chi connectivity index (χ1n) is 7.55. The summed E-state index contributed by atoms with van der Waals surface area (Å²) in [5, 5.41) is 3.34. The minimum atomic E-state index is -3.42. The van der Waals surface area contributed by atoms with Gasteiger partial charge in [0.25, 0.3) is 0 Å². The molecule has 22 heavy (non-hydrogen) atoms. The summed E-state index contributed by atoms with van der Waals surface area (Å²) >= 11 is 0. The molecule has 1 atom stereocenters. The van der Waals surface area contributed by atoms with Crippen LogP contribution in [0.25, 0.3) is 0 Å². The first kappa shape index (κ1) is 19.2. The molecule has 1 aliphatic heterocycles. The van der Waals surface area contributed by atoms with Gasteiger partial charge in [-0.05, 0) is 69.5 Å². The molecule has 1 fully saturated rings. The monoisotopic (exact) mass is 348 g/mol. The van der Waals surface area contributed by atoms with E-state index in [0.717, 1.165) is 19.5 Å². The average Bonchev–Trinajstić information content (AvgIpc) is 2.49. The Morgan fingerprint density at radius 3 is 2.64 bits per heavy atom. The van der Waals surface area contributed by atoms with E-state index < -0.39 is 10.0 Å². The molecular weight excluding hydrogens is 324 g/mol. The lowest BCUT2D eigenvalue weighted by Crippen LogP contribution is -2.33. The molecule has 2 rings (SSSR count). The maximum atomic E-state index is 12.2. The smallest absolute Gasteiger partial charge is 0.240 e. The fraction of sp³-hybridized carbons (Fsp3) is 0.600. The summed E-state index contributed by atoms with van der Waals surface area (Å²) in [5.41, 5.74) is 0. The van der Waals surface area contributed by atoms with E-state index in [-0.39, 0.29) is 17.3 Å². The van der Waals surface area contributed by atoms with Crippen LogP contribution in [0.3, 0.4) is 0 Å². The molecule has 0 amide bonds. The Labute approximate surface area is 139 Å². The normalized spacial score (nSPS) is 18.5. The molecule has 7 heteroatoms. The summed E-state index contributed by atoms with van der Waals surface area (Å²) in [6, 6.07) is 6.53. The summed E-state index contributed by atoms with van der Waals surface area (Å²) in [7, 11) is -3.42. The quantitative estimate of drug-likeness (QED) is 0.792. The zero-order chi connectivity index (χ0) is 15.1. The molecular formula is C15H25ClN2O3S. The minimum absolute atomic E-state index is 0. The van der Waals surface area contributed by atoms with Crippen LogP contribution in [-0.2, 0) is 10.0 Å². The van der Waals surface area contributed by atoms with E-state index in [1.807, 2.05) is 6.92 Å². The standard InChI is InChI=1S/C15H24N2O3S.ClH/c1-2-20-14-5-7-15(8-6-14)21(18,19)17-11-9-13-4-3-10-16-12-13;/h5-8,13,16-17H,2-4,9-12H2,1H3;1H. The molecule has 0 radical (unpaired) electrons. The molecule has 1 aliphatic rings. The molecule has 1 saturated heterocycles. The average molecular weight is 349 g/mol. The van der Waals surface area contributed by atoms with Gasteiger partial charge in [-0.1, -0.05) is 0 Å². The van der Waals surface area contributed by atoms with E-state index in [4.69, 9.17) is 4.74 Å². The Bertz CT molecular complexity index is 528. The lowest BCUT2D eigenvalue weighted by atomic mass is 9.96. The fourth-order valence-electron chi connectivity index (χ4n) is 2.53. The summed E-state index contributed by atoms with van der Waals surface area (Å²) in [6.45, 7) is 5.02. The van der Waals surface area contributed by atoms with Crippen molar-refractivity contribution >= 4 is 22.4 Å². The first-order valence-corrected chi connectivity index (χ1v) is 9.03. The van der Waals surface area contributed by atoms with Crippen molar-refractivity contribution in [2.45, 2.75) is 31.1 Å². The zero-order valence-corrected chi connectivity index (χ0v) is 14.5. The number of ether oxygens (including phenoxy) is 1. The number of halogens is 1. The Kier molecular flexibility index (Phi) is 8.17. The van der Waals surface area contributed by atoms with Crippen molar-refractivity contribution in [3.8, 4) is 5.75 Å². The molecule has 5 nitrogen and oxygen atoms in total. The lowest BCUT2D eigenvalue weighted by molar-refractivity contribution is 0.340. The molecule has 1 aromatic rings. The van der Waals surface area contributed by atoms with Crippen molar-refractivity contribution < 1.29 is 13.2 Å². The molecule has 2 N–H and O–H groups in total. The van der Waals surface area contributed by atoms with Crippen LogP contribution in [0.1, 0.15) is 26.2 Å². The van der Waals surface area contributed by atoms with Crippen LogP contribution in [0.5, 0.6) is 5.75 Å².